The van der Waals surface area contributed by atoms with Gasteiger partial charge in [0.25, 0.3) is 5.91 Å². The van der Waals surface area contributed by atoms with Crippen molar-refractivity contribution >= 4 is 29.0 Å². The van der Waals surface area contributed by atoms with Crippen LogP contribution in [-0.4, -0.2) is 10.9 Å². The van der Waals surface area contributed by atoms with Gasteiger partial charge in [0, 0.05) is 21.6 Å². The van der Waals surface area contributed by atoms with E-state index >= 15 is 0 Å². The van der Waals surface area contributed by atoms with E-state index in [9.17, 15) is 4.79 Å². The fourth-order valence-corrected chi connectivity index (χ4v) is 4.50. The highest BCUT2D eigenvalue weighted by Crippen LogP contribution is 2.25. The predicted molar refractivity (Wildman–Crippen MR) is 120 cm³/mol. The van der Waals surface area contributed by atoms with Crippen molar-refractivity contribution in [2.24, 2.45) is 0 Å². The van der Waals surface area contributed by atoms with Gasteiger partial charge in [-0.1, -0.05) is 60.7 Å². The second-order valence-corrected chi connectivity index (χ2v) is 8.29. The van der Waals surface area contributed by atoms with Crippen LogP contribution >= 0.6 is 23.1 Å². The third-order valence-corrected chi connectivity index (χ3v) is 6.21. The Balaban J connectivity index is 1.47. The molecule has 0 spiro atoms. The van der Waals surface area contributed by atoms with Crippen LogP contribution in [0.2, 0.25) is 0 Å². The summed E-state index contributed by atoms with van der Waals surface area (Å²) >= 11 is 3.32. The van der Waals surface area contributed by atoms with Crippen LogP contribution in [0.15, 0.2) is 101 Å². The molecule has 1 heterocycles. The molecule has 0 fully saturated rings. The summed E-state index contributed by atoms with van der Waals surface area (Å²) in [7, 11) is 0. The van der Waals surface area contributed by atoms with E-state index in [2.05, 4.69) is 15.7 Å². The van der Waals surface area contributed by atoms with Gasteiger partial charge in [-0.15, -0.1) is 23.1 Å². The van der Waals surface area contributed by atoms with E-state index in [0.29, 0.717) is 5.56 Å². The molecule has 0 unspecified atom stereocenters. The molecule has 0 aliphatic rings. The van der Waals surface area contributed by atoms with Crippen LogP contribution < -0.4 is 5.32 Å². The van der Waals surface area contributed by atoms with Gasteiger partial charge in [0.2, 0.25) is 0 Å². The number of carbonyl (C=O) groups is 1. The van der Waals surface area contributed by atoms with Gasteiger partial charge in [0.15, 0.2) is 0 Å². The maximum atomic E-state index is 12.9. The van der Waals surface area contributed by atoms with Gasteiger partial charge in [0.05, 0.1) is 17.2 Å². The number of thioether (sulfide) groups is 1. The Labute approximate surface area is 178 Å². The van der Waals surface area contributed by atoms with Crippen LogP contribution in [-0.2, 0) is 5.75 Å². The number of benzene rings is 3. The van der Waals surface area contributed by atoms with Gasteiger partial charge < -0.3 is 5.32 Å². The van der Waals surface area contributed by atoms with E-state index in [4.69, 9.17) is 0 Å². The molecule has 3 nitrogen and oxygen atoms in total. The van der Waals surface area contributed by atoms with Crippen LogP contribution in [0.4, 0.5) is 0 Å². The first-order valence-electron chi connectivity index (χ1n) is 9.30. The Kier molecular flexibility index (Phi) is 6.39. The van der Waals surface area contributed by atoms with E-state index in [0.717, 1.165) is 27.5 Å². The normalized spacial score (nSPS) is 10.8. The number of carbonyl (C=O) groups excluding carboxylic acids is 1. The Morgan fingerprint density at radius 3 is 2.07 bits per heavy atom. The molecule has 5 heteroatoms. The maximum absolute atomic E-state index is 12.9. The molecule has 0 saturated carbocycles. The SMILES string of the molecule is O=C(NC(c1ccccc1)c1ccccc1)c1ccc(SCc2cscn2)cc1. The number of nitrogens with one attached hydrogen (secondary N) is 1. The summed E-state index contributed by atoms with van der Waals surface area (Å²) in [5.74, 6) is 0.748. The van der Waals surface area contributed by atoms with Crippen molar-refractivity contribution in [2.75, 3.05) is 0 Å². The number of nitrogens with zero attached hydrogens (tertiary/aromatic N) is 1. The van der Waals surface area contributed by atoms with E-state index in [-0.39, 0.29) is 11.9 Å². The Morgan fingerprint density at radius 2 is 1.52 bits per heavy atom. The standard InChI is InChI=1S/C24H20N2OS2/c27-24(20-11-13-22(14-12-20)29-16-21-15-28-17-25-21)26-23(18-7-3-1-4-8-18)19-9-5-2-6-10-19/h1-15,17,23H,16H2,(H,26,27). The van der Waals surface area contributed by atoms with E-state index in [1.54, 1.807) is 23.1 Å². The van der Waals surface area contributed by atoms with Crippen molar-refractivity contribution in [3.8, 4) is 0 Å². The Morgan fingerprint density at radius 1 is 0.897 bits per heavy atom. The molecule has 1 N–H and O–H groups in total. The Bertz CT molecular complexity index is 994. The van der Waals surface area contributed by atoms with E-state index in [1.165, 1.54) is 0 Å². The summed E-state index contributed by atoms with van der Waals surface area (Å²) in [6.07, 6.45) is 0. The lowest BCUT2D eigenvalue weighted by Gasteiger charge is -2.20. The summed E-state index contributed by atoms with van der Waals surface area (Å²) in [5, 5.41) is 5.24. The third kappa shape index (κ3) is 5.13. The number of hydrogen-bond acceptors (Lipinski definition) is 4. The second kappa shape index (κ2) is 9.54. The minimum Gasteiger partial charge on any atom is -0.341 e. The topological polar surface area (TPSA) is 42.0 Å². The van der Waals surface area contributed by atoms with Crippen LogP contribution in [0.3, 0.4) is 0 Å². The van der Waals surface area contributed by atoms with Gasteiger partial charge in [-0.2, -0.15) is 0 Å². The molecule has 1 aromatic heterocycles. The zero-order valence-corrected chi connectivity index (χ0v) is 17.3. The molecule has 0 aliphatic carbocycles. The van der Waals surface area contributed by atoms with Gasteiger partial charge in [-0.25, -0.2) is 4.98 Å². The zero-order valence-electron chi connectivity index (χ0n) is 15.7. The molecule has 144 valence electrons. The highest BCUT2D eigenvalue weighted by Gasteiger charge is 2.17. The number of thiazole rings is 1. The maximum Gasteiger partial charge on any atom is 0.252 e. The van der Waals surface area contributed by atoms with Crippen molar-refractivity contribution in [3.05, 3.63) is 118 Å². The second-order valence-electron chi connectivity index (χ2n) is 6.52. The smallest absolute Gasteiger partial charge is 0.252 e. The van der Waals surface area contributed by atoms with Crippen LogP contribution in [0.25, 0.3) is 0 Å². The number of rotatable bonds is 7. The first-order chi connectivity index (χ1) is 14.3. The quantitative estimate of drug-likeness (QED) is 0.378. The number of amides is 1. The fraction of sp³-hybridized carbons (Fsp3) is 0.0833. The summed E-state index contributed by atoms with van der Waals surface area (Å²) in [6, 6.07) is 27.6. The lowest BCUT2D eigenvalue weighted by Crippen LogP contribution is -2.29. The summed E-state index contributed by atoms with van der Waals surface area (Å²) in [6.45, 7) is 0. The summed E-state index contributed by atoms with van der Waals surface area (Å²) in [4.78, 5) is 18.4. The lowest BCUT2D eigenvalue weighted by atomic mass is 9.98. The molecule has 0 aliphatic heterocycles. The molecule has 29 heavy (non-hydrogen) atoms. The molecule has 0 radical (unpaired) electrons. The Hall–Kier alpha value is -2.89. The van der Waals surface area contributed by atoms with Crippen molar-refractivity contribution in [3.63, 3.8) is 0 Å². The molecule has 0 bridgehead atoms. The summed E-state index contributed by atoms with van der Waals surface area (Å²) in [5.41, 5.74) is 5.69. The lowest BCUT2D eigenvalue weighted by molar-refractivity contribution is 0.0943. The average molecular weight is 417 g/mol. The van der Waals surface area contributed by atoms with Crippen molar-refractivity contribution in [1.29, 1.82) is 0 Å². The summed E-state index contributed by atoms with van der Waals surface area (Å²) < 4.78 is 0. The van der Waals surface area contributed by atoms with Gasteiger partial charge >= 0.3 is 0 Å². The fourth-order valence-electron chi connectivity index (χ4n) is 3.03. The molecule has 4 rings (SSSR count). The van der Waals surface area contributed by atoms with Gasteiger partial charge in [0.1, 0.15) is 0 Å². The first-order valence-corrected chi connectivity index (χ1v) is 11.2. The molecule has 0 saturated heterocycles. The molecule has 1 amide bonds. The third-order valence-electron chi connectivity index (χ3n) is 4.53. The highest BCUT2D eigenvalue weighted by atomic mass is 32.2. The van der Waals surface area contributed by atoms with Crippen molar-refractivity contribution < 1.29 is 4.79 Å². The number of aromatic nitrogens is 1. The largest absolute Gasteiger partial charge is 0.341 e. The van der Waals surface area contributed by atoms with Crippen molar-refractivity contribution in [2.45, 2.75) is 16.7 Å². The van der Waals surface area contributed by atoms with Crippen LogP contribution in [0, 0.1) is 0 Å². The first kappa shape index (κ1) is 19.4. The van der Waals surface area contributed by atoms with Gasteiger partial charge in [-0.3, -0.25) is 4.79 Å². The minimum atomic E-state index is -0.191. The molecule has 4 aromatic rings. The highest BCUT2D eigenvalue weighted by molar-refractivity contribution is 7.98. The predicted octanol–water partition coefficient (Wildman–Crippen LogP) is 5.95. The van der Waals surface area contributed by atoms with E-state index in [1.807, 2.05) is 90.4 Å². The number of hydrogen-bond donors (Lipinski definition) is 1. The molecular weight excluding hydrogens is 396 g/mol. The van der Waals surface area contributed by atoms with E-state index < -0.39 is 0 Å². The average Bonchev–Trinajstić information content (AvgIpc) is 3.31. The van der Waals surface area contributed by atoms with Crippen molar-refractivity contribution in [1.82, 2.24) is 10.3 Å². The zero-order chi connectivity index (χ0) is 19.9. The molecular formula is C24H20N2OS2. The molecule has 3 aromatic carbocycles. The molecule has 0 atom stereocenters. The van der Waals surface area contributed by atoms with Gasteiger partial charge in [-0.05, 0) is 35.4 Å². The monoisotopic (exact) mass is 416 g/mol. The van der Waals surface area contributed by atoms with Crippen LogP contribution in [0.5, 0.6) is 0 Å². The van der Waals surface area contributed by atoms with Crippen LogP contribution in [0.1, 0.15) is 33.2 Å². The minimum absolute atomic E-state index is 0.0845.